The van der Waals surface area contributed by atoms with E-state index >= 15 is 0 Å². The first-order chi connectivity index (χ1) is 9.70. The molecule has 4 heteroatoms. The number of benzene rings is 1. The van der Waals surface area contributed by atoms with E-state index in [9.17, 15) is 0 Å². The zero-order valence-corrected chi connectivity index (χ0v) is 12.5. The Balaban J connectivity index is 1.73. The Kier molecular flexibility index (Phi) is 4.08. The lowest BCUT2D eigenvalue weighted by Gasteiger charge is -2.17. The van der Waals surface area contributed by atoms with Crippen molar-refractivity contribution in [3.8, 4) is 0 Å². The first-order valence-electron chi connectivity index (χ1n) is 7.18. The molecule has 20 heavy (non-hydrogen) atoms. The smallest absolute Gasteiger partial charge is 0.0631 e. The van der Waals surface area contributed by atoms with Crippen molar-refractivity contribution in [1.29, 1.82) is 0 Å². The van der Waals surface area contributed by atoms with Gasteiger partial charge in [0.15, 0.2) is 0 Å². The summed E-state index contributed by atoms with van der Waals surface area (Å²) in [4.78, 5) is 0. The second-order valence-electron chi connectivity index (χ2n) is 5.62. The van der Waals surface area contributed by atoms with Crippen molar-refractivity contribution in [2.75, 3.05) is 6.54 Å². The van der Waals surface area contributed by atoms with Gasteiger partial charge in [0, 0.05) is 36.8 Å². The van der Waals surface area contributed by atoms with Crippen molar-refractivity contribution in [2.24, 2.45) is 7.05 Å². The zero-order chi connectivity index (χ0) is 13.9. The van der Waals surface area contributed by atoms with Crippen LogP contribution < -0.4 is 5.32 Å². The summed E-state index contributed by atoms with van der Waals surface area (Å²) < 4.78 is 1.86. The molecule has 1 fully saturated rings. The van der Waals surface area contributed by atoms with Crippen LogP contribution in [0.15, 0.2) is 36.5 Å². The van der Waals surface area contributed by atoms with Crippen LogP contribution in [0.5, 0.6) is 0 Å². The Morgan fingerprint density at radius 2 is 2.05 bits per heavy atom. The highest BCUT2D eigenvalue weighted by Gasteiger charge is 2.23. The molecule has 1 aliphatic carbocycles. The highest BCUT2D eigenvalue weighted by Crippen LogP contribution is 2.24. The number of hydrogen-bond donors (Lipinski definition) is 1. The van der Waals surface area contributed by atoms with Crippen LogP contribution in [0.3, 0.4) is 0 Å². The molecule has 2 aromatic rings. The van der Waals surface area contributed by atoms with E-state index in [1.165, 1.54) is 18.4 Å². The molecule has 1 atom stereocenters. The third-order valence-corrected chi connectivity index (χ3v) is 4.05. The van der Waals surface area contributed by atoms with E-state index in [1.54, 1.807) is 0 Å². The number of rotatable bonds is 6. The summed E-state index contributed by atoms with van der Waals surface area (Å²) in [7, 11) is 1.96. The van der Waals surface area contributed by atoms with Crippen LogP contribution in [0.1, 0.15) is 30.0 Å². The van der Waals surface area contributed by atoms with Crippen LogP contribution in [-0.4, -0.2) is 22.4 Å². The molecule has 3 nitrogen and oxygen atoms in total. The monoisotopic (exact) mass is 289 g/mol. The van der Waals surface area contributed by atoms with Crippen LogP contribution in [0.4, 0.5) is 0 Å². The van der Waals surface area contributed by atoms with Gasteiger partial charge in [0.1, 0.15) is 0 Å². The number of halogens is 1. The fourth-order valence-corrected chi connectivity index (χ4v) is 2.59. The maximum Gasteiger partial charge on any atom is 0.0631 e. The van der Waals surface area contributed by atoms with E-state index in [2.05, 4.69) is 28.6 Å². The molecule has 3 rings (SSSR count). The summed E-state index contributed by atoms with van der Waals surface area (Å²) in [5.41, 5.74) is 2.47. The predicted octanol–water partition coefficient (Wildman–Crippen LogP) is 3.15. The highest BCUT2D eigenvalue weighted by atomic mass is 35.5. The van der Waals surface area contributed by atoms with Crippen molar-refractivity contribution in [3.63, 3.8) is 0 Å². The minimum absolute atomic E-state index is 0.447. The molecule has 0 amide bonds. The SMILES string of the molecule is Cn1ccc(CC(CNC2CC2)c2ccc(Cl)cc2)n1. The molecule has 1 aromatic carbocycles. The van der Waals surface area contributed by atoms with Crippen molar-refractivity contribution >= 4 is 11.6 Å². The summed E-state index contributed by atoms with van der Waals surface area (Å²) in [6.45, 7) is 1.00. The summed E-state index contributed by atoms with van der Waals surface area (Å²) in [5.74, 6) is 0.447. The van der Waals surface area contributed by atoms with Crippen LogP contribution in [0, 0.1) is 0 Å². The Bertz CT molecular complexity index is 557. The van der Waals surface area contributed by atoms with Crippen molar-refractivity contribution in [2.45, 2.75) is 31.2 Å². The minimum Gasteiger partial charge on any atom is -0.313 e. The molecular weight excluding hydrogens is 270 g/mol. The molecule has 0 saturated heterocycles. The van der Waals surface area contributed by atoms with E-state index < -0.39 is 0 Å². The van der Waals surface area contributed by atoms with Gasteiger partial charge in [-0.3, -0.25) is 4.68 Å². The van der Waals surface area contributed by atoms with Gasteiger partial charge in [0.05, 0.1) is 5.69 Å². The summed E-state index contributed by atoms with van der Waals surface area (Å²) in [5, 5.41) is 8.92. The molecule has 1 N–H and O–H groups in total. The van der Waals surface area contributed by atoms with Gasteiger partial charge < -0.3 is 5.32 Å². The topological polar surface area (TPSA) is 29.9 Å². The zero-order valence-electron chi connectivity index (χ0n) is 11.7. The normalized spacial score (nSPS) is 16.3. The van der Waals surface area contributed by atoms with E-state index in [-0.39, 0.29) is 0 Å². The van der Waals surface area contributed by atoms with Crippen molar-refractivity contribution < 1.29 is 0 Å². The quantitative estimate of drug-likeness (QED) is 0.885. The molecule has 1 aromatic heterocycles. The van der Waals surface area contributed by atoms with Gasteiger partial charge >= 0.3 is 0 Å². The molecule has 1 heterocycles. The number of nitrogens with one attached hydrogen (secondary N) is 1. The lowest BCUT2D eigenvalue weighted by molar-refractivity contribution is 0.568. The third kappa shape index (κ3) is 3.62. The molecule has 1 unspecified atom stereocenters. The molecule has 0 bridgehead atoms. The molecule has 0 aliphatic heterocycles. The first kappa shape index (κ1) is 13.7. The van der Waals surface area contributed by atoms with Crippen LogP contribution in [-0.2, 0) is 13.5 Å². The second-order valence-corrected chi connectivity index (χ2v) is 6.05. The van der Waals surface area contributed by atoms with Gasteiger partial charge in [-0.2, -0.15) is 5.10 Å². The fourth-order valence-electron chi connectivity index (χ4n) is 2.46. The fraction of sp³-hybridized carbons (Fsp3) is 0.438. The van der Waals surface area contributed by atoms with Gasteiger partial charge in [-0.05, 0) is 43.0 Å². The molecule has 1 aliphatic rings. The Hall–Kier alpha value is -1.32. The maximum absolute atomic E-state index is 5.99. The summed E-state index contributed by atoms with van der Waals surface area (Å²) >= 11 is 5.99. The number of hydrogen-bond acceptors (Lipinski definition) is 2. The molecular formula is C16H20ClN3. The average Bonchev–Trinajstić information content (AvgIpc) is 3.18. The van der Waals surface area contributed by atoms with Crippen molar-refractivity contribution in [1.82, 2.24) is 15.1 Å². The summed E-state index contributed by atoms with van der Waals surface area (Å²) in [6.07, 6.45) is 5.60. The van der Waals surface area contributed by atoms with Gasteiger partial charge in [-0.1, -0.05) is 23.7 Å². The predicted molar refractivity (Wildman–Crippen MR) is 82.1 cm³/mol. The van der Waals surface area contributed by atoms with E-state index in [0.717, 1.165) is 29.7 Å². The molecule has 0 spiro atoms. The van der Waals surface area contributed by atoms with Crippen LogP contribution >= 0.6 is 11.6 Å². The second kappa shape index (κ2) is 5.98. The minimum atomic E-state index is 0.447. The van der Waals surface area contributed by atoms with E-state index in [1.807, 2.05) is 30.1 Å². The average molecular weight is 290 g/mol. The van der Waals surface area contributed by atoms with Gasteiger partial charge in [0.25, 0.3) is 0 Å². The Labute approximate surface area is 124 Å². The molecule has 106 valence electrons. The van der Waals surface area contributed by atoms with Gasteiger partial charge in [-0.25, -0.2) is 0 Å². The molecule has 0 radical (unpaired) electrons. The molecule has 1 saturated carbocycles. The lowest BCUT2D eigenvalue weighted by atomic mass is 9.94. The van der Waals surface area contributed by atoms with Crippen LogP contribution in [0.25, 0.3) is 0 Å². The van der Waals surface area contributed by atoms with Crippen molar-refractivity contribution in [3.05, 3.63) is 52.8 Å². The Morgan fingerprint density at radius 1 is 1.30 bits per heavy atom. The standard InChI is InChI=1S/C16H20ClN3/c1-20-9-8-16(19-20)10-13(11-18-15-6-7-15)12-2-4-14(17)5-3-12/h2-5,8-9,13,15,18H,6-7,10-11H2,1H3. The van der Waals surface area contributed by atoms with Gasteiger partial charge in [0.2, 0.25) is 0 Å². The van der Waals surface area contributed by atoms with Crippen LogP contribution in [0.2, 0.25) is 5.02 Å². The largest absolute Gasteiger partial charge is 0.313 e. The Morgan fingerprint density at radius 3 is 2.65 bits per heavy atom. The van der Waals surface area contributed by atoms with E-state index in [0.29, 0.717) is 5.92 Å². The highest BCUT2D eigenvalue weighted by molar-refractivity contribution is 6.30. The van der Waals surface area contributed by atoms with Gasteiger partial charge in [-0.15, -0.1) is 0 Å². The third-order valence-electron chi connectivity index (χ3n) is 3.80. The number of aromatic nitrogens is 2. The number of aryl methyl sites for hydroxylation is 1. The lowest BCUT2D eigenvalue weighted by Crippen LogP contribution is -2.25. The first-order valence-corrected chi connectivity index (χ1v) is 7.56. The maximum atomic E-state index is 5.99. The number of nitrogens with zero attached hydrogens (tertiary/aromatic N) is 2. The van der Waals surface area contributed by atoms with E-state index in [4.69, 9.17) is 11.6 Å². The summed E-state index contributed by atoms with van der Waals surface area (Å²) in [6, 6.07) is 11.0.